The number of hydrogen-bond acceptors (Lipinski definition) is 3. The second-order valence-corrected chi connectivity index (χ2v) is 5.03. The fraction of sp³-hybridized carbons (Fsp3) is 0.533. The Morgan fingerprint density at radius 2 is 2.17 bits per heavy atom. The van der Waals surface area contributed by atoms with Gasteiger partial charge in [0.1, 0.15) is 11.9 Å². The molecule has 1 aromatic carbocycles. The molecule has 18 heavy (non-hydrogen) atoms. The average molecular weight is 244 g/mol. The Balaban J connectivity index is 2.08. The molecule has 0 radical (unpaired) electrons. The van der Waals surface area contributed by atoms with Crippen LogP contribution in [0.4, 0.5) is 0 Å². The third kappa shape index (κ3) is 2.83. The Bertz CT molecular complexity index is 450. The van der Waals surface area contributed by atoms with Crippen molar-refractivity contribution in [2.45, 2.75) is 38.7 Å². The van der Waals surface area contributed by atoms with Crippen molar-refractivity contribution in [3.8, 4) is 11.8 Å². The van der Waals surface area contributed by atoms with Crippen molar-refractivity contribution >= 4 is 0 Å². The standard InChI is InChI=1S/C15H20N2O/c1-11-8-14(7-6-12(11)9-16)18-15-5-3-2-4-13(15)10-17/h6-8,13,15H,2-5,10,17H2,1H3. The minimum absolute atomic E-state index is 0.232. The molecule has 2 unspecified atom stereocenters. The van der Waals surface area contributed by atoms with E-state index in [1.165, 1.54) is 12.8 Å². The molecule has 3 heteroatoms. The zero-order valence-electron chi connectivity index (χ0n) is 10.9. The van der Waals surface area contributed by atoms with Gasteiger partial charge < -0.3 is 10.5 Å². The molecule has 0 aliphatic heterocycles. The highest BCUT2D eigenvalue weighted by Crippen LogP contribution is 2.28. The first-order valence-electron chi connectivity index (χ1n) is 6.62. The molecule has 2 rings (SSSR count). The van der Waals surface area contributed by atoms with Gasteiger partial charge in [-0.3, -0.25) is 0 Å². The summed E-state index contributed by atoms with van der Waals surface area (Å²) in [7, 11) is 0. The van der Waals surface area contributed by atoms with Gasteiger partial charge in [-0.05, 0) is 56.5 Å². The normalized spacial score (nSPS) is 23.4. The molecule has 2 N–H and O–H groups in total. The zero-order valence-corrected chi connectivity index (χ0v) is 10.9. The summed E-state index contributed by atoms with van der Waals surface area (Å²) in [5, 5.41) is 8.90. The summed E-state index contributed by atoms with van der Waals surface area (Å²) in [5.74, 6) is 1.33. The van der Waals surface area contributed by atoms with Crippen LogP contribution in [-0.4, -0.2) is 12.6 Å². The molecule has 0 spiro atoms. The molecule has 0 bridgehead atoms. The smallest absolute Gasteiger partial charge is 0.120 e. The van der Waals surface area contributed by atoms with Crippen molar-refractivity contribution in [2.75, 3.05) is 6.54 Å². The molecular weight excluding hydrogens is 224 g/mol. The molecule has 0 heterocycles. The first kappa shape index (κ1) is 12.9. The lowest BCUT2D eigenvalue weighted by Gasteiger charge is -2.31. The van der Waals surface area contributed by atoms with Gasteiger partial charge in [-0.2, -0.15) is 5.26 Å². The highest BCUT2D eigenvalue weighted by atomic mass is 16.5. The predicted molar refractivity (Wildman–Crippen MR) is 71.3 cm³/mol. The molecule has 0 aromatic heterocycles. The van der Waals surface area contributed by atoms with Gasteiger partial charge in [0.2, 0.25) is 0 Å². The predicted octanol–water partition coefficient (Wildman–Crippen LogP) is 2.76. The summed E-state index contributed by atoms with van der Waals surface area (Å²) in [5.41, 5.74) is 7.48. The van der Waals surface area contributed by atoms with E-state index in [0.29, 0.717) is 18.0 Å². The molecular formula is C15H20N2O. The Kier molecular flexibility index (Phi) is 4.22. The summed E-state index contributed by atoms with van der Waals surface area (Å²) in [4.78, 5) is 0. The fourth-order valence-corrected chi connectivity index (χ4v) is 2.61. The second-order valence-electron chi connectivity index (χ2n) is 5.03. The number of ether oxygens (including phenoxy) is 1. The van der Waals surface area contributed by atoms with Crippen LogP contribution in [0.3, 0.4) is 0 Å². The lowest BCUT2D eigenvalue weighted by molar-refractivity contribution is 0.0969. The molecule has 2 atom stereocenters. The van der Waals surface area contributed by atoms with Crippen molar-refractivity contribution in [3.63, 3.8) is 0 Å². The third-order valence-corrected chi connectivity index (χ3v) is 3.75. The van der Waals surface area contributed by atoms with Crippen LogP contribution >= 0.6 is 0 Å². The molecule has 1 fully saturated rings. The van der Waals surface area contributed by atoms with E-state index in [0.717, 1.165) is 24.2 Å². The summed E-state index contributed by atoms with van der Waals surface area (Å²) >= 11 is 0. The lowest BCUT2D eigenvalue weighted by atomic mass is 9.86. The van der Waals surface area contributed by atoms with Crippen LogP contribution in [0.25, 0.3) is 0 Å². The van der Waals surface area contributed by atoms with Crippen molar-refractivity contribution in [1.82, 2.24) is 0 Å². The van der Waals surface area contributed by atoms with Crippen molar-refractivity contribution in [2.24, 2.45) is 11.7 Å². The van der Waals surface area contributed by atoms with Crippen LogP contribution in [-0.2, 0) is 0 Å². The molecule has 1 saturated carbocycles. The van der Waals surface area contributed by atoms with Crippen LogP contribution in [0.5, 0.6) is 5.75 Å². The van der Waals surface area contributed by atoms with Crippen LogP contribution in [0.15, 0.2) is 18.2 Å². The van der Waals surface area contributed by atoms with E-state index in [9.17, 15) is 0 Å². The summed E-state index contributed by atoms with van der Waals surface area (Å²) in [6, 6.07) is 7.82. The fourth-order valence-electron chi connectivity index (χ4n) is 2.61. The van der Waals surface area contributed by atoms with E-state index in [1.807, 2.05) is 25.1 Å². The lowest BCUT2D eigenvalue weighted by Crippen LogP contribution is -2.35. The second kappa shape index (κ2) is 5.88. The number of nitriles is 1. The van der Waals surface area contributed by atoms with Gasteiger partial charge in [-0.25, -0.2) is 0 Å². The summed E-state index contributed by atoms with van der Waals surface area (Å²) < 4.78 is 6.05. The number of aryl methyl sites for hydroxylation is 1. The number of nitrogens with two attached hydrogens (primary N) is 1. The van der Waals surface area contributed by atoms with Gasteiger partial charge in [0, 0.05) is 5.92 Å². The molecule has 1 aliphatic rings. The Labute approximate surface area is 109 Å². The average Bonchev–Trinajstić information content (AvgIpc) is 2.39. The Morgan fingerprint density at radius 1 is 1.39 bits per heavy atom. The largest absolute Gasteiger partial charge is 0.490 e. The van der Waals surface area contributed by atoms with Crippen LogP contribution in [0, 0.1) is 24.2 Å². The minimum atomic E-state index is 0.232. The molecule has 1 aliphatic carbocycles. The maximum atomic E-state index is 8.90. The van der Waals surface area contributed by atoms with Crippen LogP contribution in [0.1, 0.15) is 36.8 Å². The summed E-state index contributed by atoms with van der Waals surface area (Å²) in [6.07, 6.45) is 4.96. The van der Waals surface area contributed by atoms with E-state index in [1.54, 1.807) is 0 Å². The number of rotatable bonds is 3. The van der Waals surface area contributed by atoms with E-state index >= 15 is 0 Å². The van der Waals surface area contributed by atoms with E-state index < -0.39 is 0 Å². The van der Waals surface area contributed by atoms with Gasteiger partial charge in [-0.1, -0.05) is 6.42 Å². The van der Waals surface area contributed by atoms with Crippen molar-refractivity contribution in [3.05, 3.63) is 29.3 Å². The highest BCUT2D eigenvalue weighted by molar-refractivity contribution is 5.41. The van der Waals surface area contributed by atoms with E-state index in [4.69, 9.17) is 15.7 Å². The van der Waals surface area contributed by atoms with E-state index in [2.05, 4.69) is 6.07 Å². The van der Waals surface area contributed by atoms with Gasteiger partial charge in [0.05, 0.1) is 11.6 Å². The summed E-state index contributed by atoms with van der Waals surface area (Å²) in [6.45, 7) is 2.63. The molecule has 1 aromatic rings. The first-order chi connectivity index (χ1) is 8.74. The van der Waals surface area contributed by atoms with Gasteiger partial charge in [0.25, 0.3) is 0 Å². The minimum Gasteiger partial charge on any atom is -0.490 e. The van der Waals surface area contributed by atoms with Gasteiger partial charge in [-0.15, -0.1) is 0 Å². The monoisotopic (exact) mass is 244 g/mol. The number of benzene rings is 1. The van der Waals surface area contributed by atoms with Gasteiger partial charge in [0.15, 0.2) is 0 Å². The SMILES string of the molecule is Cc1cc(OC2CCCCC2CN)ccc1C#N. The third-order valence-electron chi connectivity index (χ3n) is 3.75. The van der Waals surface area contributed by atoms with Crippen molar-refractivity contribution < 1.29 is 4.74 Å². The first-order valence-corrected chi connectivity index (χ1v) is 6.62. The molecule has 3 nitrogen and oxygen atoms in total. The van der Waals surface area contributed by atoms with E-state index in [-0.39, 0.29) is 6.10 Å². The van der Waals surface area contributed by atoms with Crippen LogP contribution < -0.4 is 10.5 Å². The topological polar surface area (TPSA) is 59.0 Å². The quantitative estimate of drug-likeness (QED) is 0.889. The maximum absolute atomic E-state index is 8.90. The Hall–Kier alpha value is -1.53. The molecule has 0 amide bonds. The molecule has 96 valence electrons. The van der Waals surface area contributed by atoms with Crippen LogP contribution in [0.2, 0.25) is 0 Å². The number of hydrogen-bond donors (Lipinski definition) is 1. The van der Waals surface area contributed by atoms with Gasteiger partial charge >= 0.3 is 0 Å². The highest BCUT2D eigenvalue weighted by Gasteiger charge is 2.25. The number of nitrogens with zero attached hydrogens (tertiary/aromatic N) is 1. The Morgan fingerprint density at radius 3 is 2.83 bits per heavy atom. The molecule has 0 saturated heterocycles. The van der Waals surface area contributed by atoms with Crippen molar-refractivity contribution in [1.29, 1.82) is 5.26 Å². The zero-order chi connectivity index (χ0) is 13.0. The maximum Gasteiger partial charge on any atom is 0.120 e.